The molecule has 0 aromatic heterocycles. The summed E-state index contributed by atoms with van der Waals surface area (Å²) < 4.78 is 0. The third-order valence-corrected chi connectivity index (χ3v) is 4.63. The normalized spacial score (nSPS) is 11.2. The van der Waals surface area contributed by atoms with Gasteiger partial charge in [0.05, 0.1) is 0 Å². The van der Waals surface area contributed by atoms with Gasteiger partial charge in [-0.15, -0.1) is 0 Å². The van der Waals surface area contributed by atoms with Gasteiger partial charge in [0.25, 0.3) is 0 Å². The zero-order chi connectivity index (χ0) is 22.1. The molecule has 170 valence electrons. The summed E-state index contributed by atoms with van der Waals surface area (Å²) in [5, 5.41) is 16.8. The molecule has 0 atom stereocenters. The van der Waals surface area contributed by atoms with Crippen LogP contribution in [0.25, 0.3) is 0 Å². The van der Waals surface area contributed by atoms with Gasteiger partial charge in [-0.3, -0.25) is 9.59 Å². The van der Waals surface area contributed by atoms with Gasteiger partial charge in [-0.25, -0.2) is 0 Å². The van der Waals surface area contributed by atoms with E-state index in [1.165, 1.54) is 51.4 Å². The van der Waals surface area contributed by atoms with E-state index < -0.39 is 11.9 Å². The summed E-state index contributed by atoms with van der Waals surface area (Å²) in [5.74, 6) is -1.33. The molecule has 29 heavy (non-hydrogen) atoms. The molecular weight excluding hydrogens is 418 g/mol. The number of aliphatic carboxylic acids is 2. The topological polar surface area (TPSA) is 74.6 Å². The van der Waals surface area contributed by atoms with Crippen molar-refractivity contribution in [1.82, 2.24) is 0 Å². The molecule has 0 amide bonds. The van der Waals surface area contributed by atoms with Crippen molar-refractivity contribution in [3.05, 3.63) is 0 Å². The monoisotopic (exact) mass is 464 g/mol. The van der Waals surface area contributed by atoms with Crippen LogP contribution in [-0.2, 0) is 29.1 Å². The van der Waals surface area contributed by atoms with Gasteiger partial charge in [-0.1, -0.05) is 92.9 Å². The quantitative estimate of drug-likeness (QED) is 0.203. The Morgan fingerprint density at radius 1 is 0.517 bits per heavy atom. The SMILES string of the molecule is CC(C)(C)CCCCCCCC(=O)O.CC(C)(C)CCCCCCCC(=O)O.[Zn]. The van der Waals surface area contributed by atoms with Crippen molar-refractivity contribution in [2.24, 2.45) is 10.8 Å². The van der Waals surface area contributed by atoms with Crippen molar-refractivity contribution in [2.75, 3.05) is 0 Å². The maximum Gasteiger partial charge on any atom is 0.303 e. The Balaban J connectivity index is -0.000000451. The summed E-state index contributed by atoms with van der Waals surface area (Å²) in [6.07, 6.45) is 14.4. The van der Waals surface area contributed by atoms with Crippen molar-refractivity contribution in [3.63, 3.8) is 0 Å². The van der Waals surface area contributed by atoms with Gasteiger partial charge in [-0.05, 0) is 36.5 Å². The third-order valence-electron chi connectivity index (χ3n) is 4.63. The van der Waals surface area contributed by atoms with E-state index in [2.05, 4.69) is 41.5 Å². The molecule has 4 nitrogen and oxygen atoms in total. The molecule has 0 aliphatic heterocycles. The second-order valence-electron chi connectivity index (χ2n) is 10.4. The van der Waals surface area contributed by atoms with Gasteiger partial charge in [0.15, 0.2) is 0 Å². The Morgan fingerprint density at radius 3 is 1.00 bits per heavy atom. The summed E-state index contributed by atoms with van der Waals surface area (Å²) in [7, 11) is 0. The van der Waals surface area contributed by atoms with E-state index in [0.717, 1.165) is 25.7 Å². The first-order chi connectivity index (χ1) is 12.8. The first-order valence-corrected chi connectivity index (χ1v) is 11.3. The molecule has 0 heterocycles. The fraction of sp³-hybridized carbons (Fsp3) is 0.917. The molecule has 0 spiro atoms. The standard InChI is InChI=1S/2C12H24O2.Zn/c2*1-12(2,3)10-8-6-4-5-7-9-11(13)14;/h2*4-10H2,1-3H3,(H,13,14);. The van der Waals surface area contributed by atoms with Crippen molar-refractivity contribution in [2.45, 2.75) is 131 Å². The second-order valence-corrected chi connectivity index (χ2v) is 10.4. The maximum absolute atomic E-state index is 10.2. The van der Waals surface area contributed by atoms with Gasteiger partial charge < -0.3 is 10.2 Å². The number of rotatable bonds is 14. The Kier molecular flexibility index (Phi) is 22.4. The van der Waals surface area contributed by atoms with Crippen LogP contribution in [0.4, 0.5) is 0 Å². The fourth-order valence-electron chi connectivity index (χ4n) is 2.92. The zero-order valence-electron chi connectivity index (χ0n) is 20.3. The maximum atomic E-state index is 10.2. The molecular formula is C24H48O4Zn. The largest absolute Gasteiger partial charge is 0.481 e. The molecule has 0 saturated carbocycles. The van der Waals surface area contributed by atoms with E-state index in [9.17, 15) is 9.59 Å². The smallest absolute Gasteiger partial charge is 0.303 e. The first-order valence-electron chi connectivity index (χ1n) is 11.3. The molecule has 5 heteroatoms. The molecule has 0 aromatic carbocycles. The summed E-state index contributed by atoms with van der Waals surface area (Å²) in [6.45, 7) is 13.6. The van der Waals surface area contributed by atoms with Crippen LogP contribution < -0.4 is 0 Å². The molecule has 0 rings (SSSR count). The Morgan fingerprint density at radius 2 is 0.759 bits per heavy atom. The van der Waals surface area contributed by atoms with Gasteiger partial charge in [-0.2, -0.15) is 0 Å². The zero-order valence-corrected chi connectivity index (χ0v) is 23.3. The average Bonchev–Trinajstić information content (AvgIpc) is 2.51. The van der Waals surface area contributed by atoms with Gasteiger partial charge in [0.2, 0.25) is 0 Å². The average molecular weight is 466 g/mol. The van der Waals surface area contributed by atoms with Crippen LogP contribution in [0.1, 0.15) is 131 Å². The molecule has 0 aliphatic rings. The molecule has 0 unspecified atom stereocenters. The van der Waals surface area contributed by atoms with Crippen LogP contribution in [0, 0.1) is 10.8 Å². The first kappa shape index (κ1) is 33.2. The molecule has 0 radical (unpaired) electrons. The number of hydrogen-bond donors (Lipinski definition) is 2. The summed E-state index contributed by atoms with van der Waals surface area (Å²) >= 11 is 0. The minimum atomic E-state index is -0.667. The van der Waals surface area contributed by atoms with Crippen molar-refractivity contribution >= 4 is 11.9 Å². The summed E-state index contributed by atoms with van der Waals surface area (Å²) in [4.78, 5) is 20.4. The van der Waals surface area contributed by atoms with Crippen molar-refractivity contribution < 1.29 is 39.3 Å². The molecule has 0 aromatic rings. The van der Waals surface area contributed by atoms with Crippen molar-refractivity contribution in [3.8, 4) is 0 Å². The Bertz CT molecular complexity index is 357. The number of carboxylic acid groups (broad SMARTS) is 2. The number of unbranched alkanes of at least 4 members (excludes halogenated alkanes) is 8. The van der Waals surface area contributed by atoms with Crippen molar-refractivity contribution in [1.29, 1.82) is 0 Å². The summed E-state index contributed by atoms with van der Waals surface area (Å²) in [5.41, 5.74) is 0.891. The minimum Gasteiger partial charge on any atom is -0.481 e. The predicted octanol–water partition coefficient (Wildman–Crippen LogP) is 7.69. The van der Waals surface area contributed by atoms with Crippen LogP contribution in [0.3, 0.4) is 0 Å². The van der Waals surface area contributed by atoms with Gasteiger partial charge in [0.1, 0.15) is 0 Å². The third kappa shape index (κ3) is 38.7. The predicted molar refractivity (Wildman–Crippen MR) is 119 cm³/mol. The van der Waals surface area contributed by atoms with Crippen LogP contribution in [-0.4, -0.2) is 22.2 Å². The van der Waals surface area contributed by atoms with E-state index >= 15 is 0 Å². The fourth-order valence-corrected chi connectivity index (χ4v) is 2.92. The van der Waals surface area contributed by atoms with E-state index in [0.29, 0.717) is 23.7 Å². The Hall–Kier alpha value is -0.437. The molecule has 0 fully saturated rings. The molecule has 2 N–H and O–H groups in total. The van der Waals surface area contributed by atoms with E-state index in [-0.39, 0.29) is 19.5 Å². The van der Waals surface area contributed by atoms with Crippen LogP contribution >= 0.6 is 0 Å². The van der Waals surface area contributed by atoms with Gasteiger partial charge >= 0.3 is 11.9 Å². The van der Waals surface area contributed by atoms with E-state index in [1.807, 2.05) is 0 Å². The molecule has 0 saturated heterocycles. The number of carbonyl (C=O) groups is 2. The summed E-state index contributed by atoms with van der Waals surface area (Å²) in [6, 6.07) is 0. The van der Waals surface area contributed by atoms with Crippen LogP contribution in [0.5, 0.6) is 0 Å². The van der Waals surface area contributed by atoms with E-state index in [1.54, 1.807) is 0 Å². The molecule has 0 bridgehead atoms. The van der Waals surface area contributed by atoms with Gasteiger partial charge in [0, 0.05) is 32.3 Å². The minimum absolute atomic E-state index is 0. The molecule has 0 aliphatic carbocycles. The number of hydrogen-bond acceptors (Lipinski definition) is 2. The second kappa shape index (κ2) is 19.5. The van der Waals surface area contributed by atoms with E-state index in [4.69, 9.17) is 10.2 Å². The Labute approximate surface area is 193 Å². The number of carboxylic acids is 2. The van der Waals surface area contributed by atoms with Crippen LogP contribution in [0.2, 0.25) is 0 Å². The van der Waals surface area contributed by atoms with Crippen LogP contribution in [0.15, 0.2) is 0 Å².